The van der Waals surface area contributed by atoms with Crippen LogP contribution < -0.4 is 18.9 Å². The van der Waals surface area contributed by atoms with Gasteiger partial charge in [-0.05, 0) is 54.3 Å². The molecule has 0 saturated carbocycles. The van der Waals surface area contributed by atoms with E-state index in [1.807, 2.05) is 36.4 Å². The molecule has 1 amide bonds. The lowest BCUT2D eigenvalue weighted by Crippen LogP contribution is -2.31. The first-order chi connectivity index (χ1) is 20.0. The molecule has 3 aromatic rings. The molecule has 2 heterocycles. The second-order valence-corrected chi connectivity index (χ2v) is 10.1. The molecule has 1 saturated heterocycles. The molecule has 1 fully saturated rings. The Hall–Kier alpha value is -4.46. The molecule has 0 radical (unpaired) electrons. The molecule has 3 aromatic carbocycles. The molecule has 1 unspecified atom stereocenters. The summed E-state index contributed by atoms with van der Waals surface area (Å²) in [6.07, 6.45) is 3.63. The van der Waals surface area contributed by atoms with Gasteiger partial charge in [0, 0.05) is 12.1 Å². The van der Waals surface area contributed by atoms with Crippen LogP contribution in [0.4, 0.5) is 0 Å². The van der Waals surface area contributed by atoms with Gasteiger partial charge in [0.2, 0.25) is 0 Å². The zero-order chi connectivity index (χ0) is 28.8. The van der Waals surface area contributed by atoms with Gasteiger partial charge in [-0.2, -0.15) is 0 Å². The first-order valence-electron chi connectivity index (χ1n) is 14.0. The van der Waals surface area contributed by atoms with E-state index in [-0.39, 0.29) is 17.9 Å². The third kappa shape index (κ3) is 6.01. The van der Waals surface area contributed by atoms with Gasteiger partial charge in [0.25, 0.3) is 11.7 Å². The van der Waals surface area contributed by atoms with E-state index in [4.69, 9.17) is 18.9 Å². The highest BCUT2D eigenvalue weighted by molar-refractivity contribution is 6.46. The summed E-state index contributed by atoms with van der Waals surface area (Å²) in [5, 5.41) is 11.5. The molecule has 214 valence electrons. The number of rotatable bonds is 11. The van der Waals surface area contributed by atoms with Crippen LogP contribution in [0.15, 0.2) is 72.3 Å². The minimum atomic E-state index is -0.824. The largest absolute Gasteiger partial charge is 0.507 e. The number of carbonyl (C=O) groups excluding carboxylic acids is 2. The second kappa shape index (κ2) is 12.8. The first-order valence-corrected chi connectivity index (χ1v) is 14.0. The zero-order valence-electron chi connectivity index (χ0n) is 23.4. The number of aliphatic hydroxyl groups excluding tert-OH is 1. The summed E-state index contributed by atoms with van der Waals surface area (Å²) >= 11 is 0. The highest BCUT2D eigenvalue weighted by Gasteiger charge is 2.46. The van der Waals surface area contributed by atoms with Crippen LogP contribution >= 0.6 is 0 Å². The Morgan fingerprint density at radius 1 is 0.951 bits per heavy atom. The number of carbonyl (C=O) groups is 2. The van der Waals surface area contributed by atoms with Crippen LogP contribution in [0, 0.1) is 0 Å². The molecule has 2 aliphatic heterocycles. The molecule has 8 heteroatoms. The fraction of sp³-hybridized carbons (Fsp3) is 0.333. The third-order valence-corrected chi connectivity index (χ3v) is 7.35. The third-order valence-electron chi connectivity index (χ3n) is 7.35. The summed E-state index contributed by atoms with van der Waals surface area (Å²) in [6, 6.07) is 19.3. The highest BCUT2D eigenvalue weighted by atomic mass is 16.6. The summed E-state index contributed by atoms with van der Waals surface area (Å²) in [6.45, 7) is 3.80. The number of ketones is 1. The summed E-state index contributed by atoms with van der Waals surface area (Å²) < 4.78 is 22.9. The van der Waals surface area contributed by atoms with Gasteiger partial charge in [0.05, 0.1) is 25.3 Å². The van der Waals surface area contributed by atoms with Crippen LogP contribution in [-0.4, -0.2) is 55.2 Å². The van der Waals surface area contributed by atoms with Crippen LogP contribution in [0.1, 0.15) is 48.9 Å². The molecular weight excluding hydrogens is 522 g/mol. The Kier molecular flexibility index (Phi) is 8.77. The van der Waals surface area contributed by atoms with E-state index in [1.54, 1.807) is 37.4 Å². The zero-order valence-corrected chi connectivity index (χ0v) is 23.4. The SMILES string of the molecule is CCCCCOc1ccc(C2/C(=C(\O)c3ccc4c(c3)OCCO4)C(=O)C(=O)N2CCc2ccccc2)cc1OC. The Bertz CT molecular complexity index is 1430. The van der Waals surface area contributed by atoms with Crippen LogP contribution in [0.3, 0.4) is 0 Å². The van der Waals surface area contributed by atoms with E-state index in [9.17, 15) is 14.7 Å². The number of hydrogen-bond acceptors (Lipinski definition) is 7. The smallest absolute Gasteiger partial charge is 0.295 e. The maximum absolute atomic E-state index is 13.5. The highest BCUT2D eigenvalue weighted by Crippen LogP contribution is 2.43. The second-order valence-electron chi connectivity index (χ2n) is 10.1. The topological polar surface area (TPSA) is 94.5 Å². The van der Waals surface area contributed by atoms with Crippen molar-refractivity contribution in [2.24, 2.45) is 0 Å². The van der Waals surface area contributed by atoms with Gasteiger partial charge >= 0.3 is 0 Å². The Labute approximate surface area is 240 Å². The number of Topliss-reactive ketones (excluding diaryl/α,β-unsaturated/α-hetero) is 1. The first kappa shape index (κ1) is 28.1. The quantitative estimate of drug-likeness (QED) is 0.140. The van der Waals surface area contributed by atoms with Crippen LogP contribution in [-0.2, 0) is 16.0 Å². The minimum Gasteiger partial charge on any atom is -0.507 e. The van der Waals surface area contributed by atoms with Crippen molar-refractivity contribution in [3.05, 3.63) is 89.0 Å². The lowest BCUT2D eigenvalue weighted by molar-refractivity contribution is -0.139. The van der Waals surface area contributed by atoms with Crippen molar-refractivity contribution < 1.29 is 33.6 Å². The summed E-state index contributed by atoms with van der Waals surface area (Å²) in [4.78, 5) is 28.5. The van der Waals surface area contributed by atoms with Crippen molar-refractivity contribution in [1.82, 2.24) is 4.90 Å². The van der Waals surface area contributed by atoms with Gasteiger partial charge < -0.3 is 29.0 Å². The van der Waals surface area contributed by atoms with Crippen molar-refractivity contribution >= 4 is 17.4 Å². The predicted molar refractivity (Wildman–Crippen MR) is 155 cm³/mol. The number of methoxy groups -OCH3 is 1. The fourth-order valence-corrected chi connectivity index (χ4v) is 5.21. The van der Waals surface area contributed by atoms with Crippen molar-refractivity contribution in [1.29, 1.82) is 0 Å². The van der Waals surface area contributed by atoms with Gasteiger partial charge in [-0.1, -0.05) is 56.2 Å². The standard InChI is InChI=1S/C33H35NO7/c1-3-4-8-17-39-25-13-11-23(20-27(25)38-2)30-29(31(35)24-12-14-26-28(21-24)41-19-18-40-26)32(36)33(37)34(30)16-15-22-9-6-5-7-10-22/h5-7,9-14,20-21,30,35H,3-4,8,15-19H2,1-2H3/b31-29+. The normalized spacial score (nSPS) is 17.5. The lowest BCUT2D eigenvalue weighted by Gasteiger charge is -2.26. The summed E-state index contributed by atoms with van der Waals surface area (Å²) in [7, 11) is 1.56. The molecule has 2 aliphatic rings. The van der Waals surface area contributed by atoms with E-state index in [1.165, 1.54) is 4.90 Å². The summed E-state index contributed by atoms with van der Waals surface area (Å²) in [5.41, 5.74) is 2.05. The number of benzene rings is 3. The average Bonchev–Trinajstić information content (AvgIpc) is 3.27. The van der Waals surface area contributed by atoms with Crippen molar-refractivity contribution in [3.8, 4) is 23.0 Å². The van der Waals surface area contributed by atoms with Gasteiger partial charge in [-0.3, -0.25) is 9.59 Å². The molecule has 1 atom stereocenters. The summed E-state index contributed by atoms with van der Waals surface area (Å²) in [5.74, 6) is 0.435. The van der Waals surface area contributed by atoms with Gasteiger partial charge in [0.1, 0.15) is 19.0 Å². The molecule has 41 heavy (non-hydrogen) atoms. The van der Waals surface area contributed by atoms with E-state index in [0.29, 0.717) is 60.4 Å². The van der Waals surface area contributed by atoms with Crippen molar-refractivity contribution in [2.75, 3.05) is 33.5 Å². The van der Waals surface area contributed by atoms with E-state index < -0.39 is 17.7 Å². The fourth-order valence-electron chi connectivity index (χ4n) is 5.21. The average molecular weight is 558 g/mol. The molecule has 8 nitrogen and oxygen atoms in total. The van der Waals surface area contributed by atoms with E-state index in [0.717, 1.165) is 24.8 Å². The number of nitrogens with zero attached hydrogens (tertiary/aromatic N) is 1. The number of aliphatic hydroxyl groups is 1. The Morgan fingerprint density at radius 2 is 1.73 bits per heavy atom. The van der Waals surface area contributed by atoms with Crippen LogP contribution in [0.25, 0.3) is 5.76 Å². The predicted octanol–water partition coefficient (Wildman–Crippen LogP) is 5.70. The molecule has 0 bridgehead atoms. The van der Waals surface area contributed by atoms with Crippen molar-refractivity contribution in [2.45, 2.75) is 38.6 Å². The number of likely N-dealkylation sites (tertiary alicyclic amines) is 1. The Morgan fingerprint density at radius 3 is 2.49 bits per heavy atom. The van der Waals surface area contributed by atoms with Gasteiger partial charge in [0.15, 0.2) is 23.0 Å². The number of ether oxygens (including phenoxy) is 4. The monoisotopic (exact) mass is 557 g/mol. The molecule has 5 rings (SSSR count). The maximum Gasteiger partial charge on any atom is 0.295 e. The number of fused-ring (bicyclic) bond motifs is 1. The van der Waals surface area contributed by atoms with E-state index >= 15 is 0 Å². The van der Waals surface area contributed by atoms with Gasteiger partial charge in [-0.25, -0.2) is 0 Å². The lowest BCUT2D eigenvalue weighted by atomic mass is 9.94. The maximum atomic E-state index is 13.5. The molecule has 1 N–H and O–H groups in total. The minimum absolute atomic E-state index is 0.0124. The van der Waals surface area contributed by atoms with Crippen LogP contribution in [0.5, 0.6) is 23.0 Å². The van der Waals surface area contributed by atoms with Crippen LogP contribution in [0.2, 0.25) is 0 Å². The number of amides is 1. The number of unbranched alkanes of at least 4 members (excludes halogenated alkanes) is 2. The molecule has 0 aromatic heterocycles. The van der Waals surface area contributed by atoms with E-state index in [2.05, 4.69) is 6.92 Å². The van der Waals surface area contributed by atoms with Crippen molar-refractivity contribution in [3.63, 3.8) is 0 Å². The number of hydrogen-bond donors (Lipinski definition) is 1. The Balaban J connectivity index is 1.54. The molecule has 0 spiro atoms. The molecule has 0 aliphatic carbocycles. The van der Waals surface area contributed by atoms with Gasteiger partial charge in [-0.15, -0.1) is 0 Å². The molecular formula is C33H35NO7.